The van der Waals surface area contributed by atoms with E-state index in [1.165, 1.54) is 23.2 Å². The Morgan fingerprint density at radius 1 is 1.21 bits per heavy atom. The molecule has 0 saturated carbocycles. The minimum Gasteiger partial charge on any atom is -0.424 e. The van der Waals surface area contributed by atoms with E-state index < -0.39 is 36.1 Å². The SMILES string of the molecule is CN[C@@H](C)C(=O)N[C@H](C(=O)N1c2ncccc2C[C@@H]1OC(=O)Nc1c(F)cccc1Cl)C(C)C. The van der Waals surface area contributed by atoms with Crippen LogP contribution in [-0.4, -0.2) is 48.3 Å². The Morgan fingerprint density at radius 2 is 1.94 bits per heavy atom. The van der Waals surface area contributed by atoms with Crippen molar-refractivity contribution >= 4 is 41.0 Å². The number of carbonyl (C=O) groups excluding carboxylic acids is 3. The van der Waals surface area contributed by atoms with Gasteiger partial charge in [-0.05, 0) is 38.1 Å². The predicted molar refractivity (Wildman–Crippen MR) is 126 cm³/mol. The van der Waals surface area contributed by atoms with Crippen molar-refractivity contribution < 1.29 is 23.5 Å². The summed E-state index contributed by atoms with van der Waals surface area (Å²) < 4.78 is 19.6. The minimum absolute atomic E-state index is 0.00231. The van der Waals surface area contributed by atoms with Gasteiger partial charge in [0.05, 0.1) is 16.8 Å². The highest BCUT2D eigenvalue weighted by Gasteiger charge is 2.42. The van der Waals surface area contributed by atoms with Gasteiger partial charge in [0.15, 0.2) is 6.23 Å². The molecule has 0 spiro atoms. The number of anilines is 2. The molecule has 0 fully saturated rings. The third kappa shape index (κ3) is 5.45. The monoisotopic (exact) mass is 491 g/mol. The molecular formula is C23H27ClFN5O4. The van der Waals surface area contributed by atoms with E-state index in [-0.39, 0.29) is 29.0 Å². The van der Waals surface area contributed by atoms with Crippen molar-refractivity contribution in [2.24, 2.45) is 5.92 Å². The van der Waals surface area contributed by atoms with Crippen molar-refractivity contribution in [3.05, 3.63) is 52.9 Å². The largest absolute Gasteiger partial charge is 0.424 e. The number of ether oxygens (including phenoxy) is 1. The van der Waals surface area contributed by atoms with Gasteiger partial charge < -0.3 is 15.4 Å². The molecule has 3 N–H and O–H groups in total. The van der Waals surface area contributed by atoms with Crippen LogP contribution in [0.25, 0.3) is 0 Å². The van der Waals surface area contributed by atoms with E-state index in [1.807, 2.05) is 0 Å². The molecule has 1 aromatic heterocycles. The fourth-order valence-corrected chi connectivity index (χ4v) is 3.72. The van der Waals surface area contributed by atoms with Crippen LogP contribution in [0.1, 0.15) is 26.3 Å². The summed E-state index contributed by atoms with van der Waals surface area (Å²) in [6.45, 7) is 5.27. The highest BCUT2D eigenvalue weighted by molar-refractivity contribution is 6.33. The average molecular weight is 492 g/mol. The predicted octanol–water partition coefficient (Wildman–Crippen LogP) is 3.09. The van der Waals surface area contributed by atoms with Gasteiger partial charge in [0.2, 0.25) is 5.91 Å². The zero-order chi connectivity index (χ0) is 25.0. The van der Waals surface area contributed by atoms with E-state index in [4.69, 9.17) is 16.3 Å². The first kappa shape index (κ1) is 25.4. The summed E-state index contributed by atoms with van der Waals surface area (Å²) in [6, 6.07) is 6.04. The molecular weight excluding hydrogens is 465 g/mol. The van der Waals surface area contributed by atoms with Crippen LogP contribution in [-0.2, 0) is 20.7 Å². The van der Waals surface area contributed by atoms with Gasteiger partial charge in [-0.2, -0.15) is 0 Å². The quantitative estimate of drug-likeness (QED) is 0.548. The van der Waals surface area contributed by atoms with Gasteiger partial charge in [-0.3, -0.25) is 19.8 Å². The number of aromatic nitrogens is 1. The van der Waals surface area contributed by atoms with Crippen LogP contribution in [0, 0.1) is 11.7 Å². The van der Waals surface area contributed by atoms with Crippen molar-refractivity contribution in [2.45, 2.75) is 45.5 Å². The molecule has 2 heterocycles. The number of fused-ring (bicyclic) bond motifs is 1. The van der Waals surface area contributed by atoms with Crippen LogP contribution in [0.5, 0.6) is 0 Å². The Kier molecular flexibility index (Phi) is 8.06. The molecule has 3 rings (SSSR count). The third-order valence-corrected chi connectivity index (χ3v) is 5.82. The van der Waals surface area contributed by atoms with E-state index in [2.05, 4.69) is 20.9 Å². The van der Waals surface area contributed by atoms with E-state index in [0.717, 1.165) is 6.07 Å². The lowest BCUT2D eigenvalue weighted by molar-refractivity contribution is -0.130. The summed E-state index contributed by atoms with van der Waals surface area (Å²) in [7, 11) is 1.64. The molecule has 1 aliphatic heterocycles. The Bertz CT molecular complexity index is 1060. The van der Waals surface area contributed by atoms with Crippen LogP contribution < -0.4 is 20.9 Å². The second kappa shape index (κ2) is 10.8. The molecule has 34 heavy (non-hydrogen) atoms. The van der Waals surface area contributed by atoms with Crippen molar-refractivity contribution in [1.29, 1.82) is 0 Å². The molecule has 0 radical (unpaired) electrons. The number of nitrogens with zero attached hydrogens (tertiary/aromatic N) is 2. The lowest BCUT2D eigenvalue weighted by Crippen LogP contribution is -2.56. The lowest BCUT2D eigenvalue weighted by atomic mass is 10.0. The molecule has 11 heteroatoms. The van der Waals surface area contributed by atoms with Gasteiger partial charge in [0.1, 0.15) is 17.7 Å². The first-order chi connectivity index (χ1) is 16.1. The van der Waals surface area contributed by atoms with E-state index in [1.54, 1.807) is 40.0 Å². The van der Waals surface area contributed by atoms with Gasteiger partial charge >= 0.3 is 6.09 Å². The maximum absolute atomic E-state index is 14.1. The van der Waals surface area contributed by atoms with Crippen LogP contribution in [0.15, 0.2) is 36.5 Å². The Morgan fingerprint density at radius 3 is 2.59 bits per heavy atom. The number of amides is 3. The lowest BCUT2D eigenvalue weighted by Gasteiger charge is -2.31. The molecule has 0 saturated heterocycles. The smallest absolute Gasteiger partial charge is 0.413 e. The zero-order valence-corrected chi connectivity index (χ0v) is 20.0. The molecule has 9 nitrogen and oxygen atoms in total. The fraction of sp³-hybridized carbons (Fsp3) is 0.391. The number of carbonyl (C=O) groups is 3. The Balaban J connectivity index is 1.85. The van der Waals surface area contributed by atoms with Crippen LogP contribution >= 0.6 is 11.6 Å². The number of benzene rings is 1. The molecule has 1 aromatic carbocycles. The second-order valence-corrected chi connectivity index (χ2v) is 8.63. The highest BCUT2D eigenvalue weighted by Crippen LogP contribution is 2.32. The van der Waals surface area contributed by atoms with Crippen molar-refractivity contribution in [3.63, 3.8) is 0 Å². The number of rotatable bonds is 7. The number of para-hydroxylation sites is 1. The van der Waals surface area contributed by atoms with E-state index >= 15 is 0 Å². The molecule has 3 amide bonds. The maximum Gasteiger partial charge on any atom is 0.413 e. The number of halogens is 2. The van der Waals surface area contributed by atoms with Crippen LogP contribution in [0.3, 0.4) is 0 Å². The van der Waals surface area contributed by atoms with Gasteiger partial charge in [0.25, 0.3) is 5.91 Å². The highest BCUT2D eigenvalue weighted by atomic mass is 35.5. The topological polar surface area (TPSA) is 113 Å². The second-order valence-electron chi connectivity index (χ2n) is 8.22. The van der Waals surface area contributed by atoms with E-state index in [9.17, 15) is 18.8 Å². The Hall–Kier alpha value is -3.24. The summed E-state index contributed by atoms with van der Waals surface area (Å²) in [6.07, 6.45) is -0.342. The van der Waals surface area contributed by atoms with Gasteiger partial charge in [-0.15, -0.1) is 0 Å². The van der Waals surface area contributed by atoms with Crippen LogP contribution in [0.2, 0.25) is 5.02 Å². The number of likely N-dealkylation sites (N-methyl/N-ethyl adjacent to an activating group) is 1. The van der Waals surface area contributed by atoms with Gasteiger partial charge in [-0.25, -0.2) is 14.2 Å². The summed E-state index contributed by atoms with van der Waals surface area (Å²) in [5.74, 6) is -1.49. The summed E-state index contributed by atoms with van der Waals surface area (Å²) >= 11 is 5.97. The summed E-state index contributed by atoms with van der Waals surface area (Å²) in [5.41, 5.74) is 0.462. The number of nitrogens with one attached hydrogen (secondary N) is 3. The minimum atomic E-state index is -1.05. The normalized spacial score (nSPS) is 16.6. The summed E-state index contributed by atoms with van der Waals surface area (Å²) in [5, 5.41) is 7.89. The van der Waals surface area contributed by atoms with Gasteiger partial charge in [0, 0.05) is 18.2 Å². The first-order valence-corrected chi connectivity index (χ1v) is 11.2. The number of hydrogen-bond acceptors (Lipinski definition) is 6. The van der Waals surface area contributed by atoms with Crippen molar-refractivity contribution in [3.8, 4) is 0 Å². The molecule has 0 aliphatic carbocycles. The molecule has 0 bridgehead atoms. The maximum atomic E-state index is 14.1. The number of hydrogen-bond donors (Lipinski definition) is 3. The molecule has 2 aromatic rings. The molecule has 3 atom stereocenters. The van der Waals surface area contributed by atoms with E-state index in [0.29, 0.717) is 11.4 Å². The van der Waals surface area contributed by atoms with Crippen molar-refractivity contribution in [2.75, 3.05) is 17.3 Å². The fourth-order valence-electron chi connectivity index (χ4n) is 3.51. The first-order valence-electron chi connectivity index (χ1n) is 10.8. The van der Waals surface area contributed by atoms with Gasteiger partial charge in [-0.1, -0.05) is 37.6 Å². The average Bonchev–Trinajstić information content (AvgIpc) is 3.16. The Labute approximate surface area is 202 Å². The van der Waals surface area contributed by atoms with Crippen LogP contribution in [0.4, 0.5) is 20.7 Å². The molecule has 1 aliphatic rings. The molecule has 0 unspecified atom stereocenters. The number of pyridine rings is 1. The summed E-state index contributed by atoms with van der Waals surface area (Å²) in [4.78, 5) is 44.2. The molecule has 182 valence electrons. The van der Waals surface area contributed by atoms with Crippen molar-refractivity contribution in [1.82, 2.24) is 15.6 Å². The third-order valence-electron chi connectivity index (χ3n) is 5.51. The zero-order valence-electron chi connectivity index (χ0n) is 19.3. The standard InChI is InChI=1S/C23H27ClFN5O4/c1-12(2)18(28-21(31)13(3)26-4)22(32)30-17(11-14-7-6-10-27-20(14)30)34-23(33)29-19-15(24)8-5-9-16(19)25/h5-10,12-13,17-18,26H,11H2,1-4H3,(H,28,31)(H,29,33)/t13-,17-,18-/m0/s1.